The molecule has 2 unspecified atom stereocenters. The predicted octanol–water partition coefficient (Wildman–Crippen LogP) is 1.01. The maximum Gasteiger partial charge on any atom is 0.323 e. The molecule has 1 saturated heterocycles. The molecule has 2 rings (SSSR count). The zero-order chi connectivity index (χ0) is 14.0. The Hall–Kier alpha value is -1.30. The fourth-order valence-corrected chi connectivity index (χ4v) is 2.58. The van der Waals surface area contributed by atoms with Gasteiger partial charge in [-0.3, -0.25) is 4.79 Å². The second-order valence-corrected chi connectivity index (χ2v) is 5.54. The molecule has 108 valence electrons. The maximum absolute atomic E-state index is 12.4. The van der Waals surface area contributed by atoms with E-state index in [-0.39, 0.29) is 24.7 Å². The molecule has 6 nitrogen and oxygen atoms in total. The molecule has 0 spiro atoms. The first-order valence-electron chi connectivity index (χ1n) is 6.84. The van der Waals surface area contributed by atoms with Gasteiger partial charge in [-0.2, -0.15) is 0 Å². The van der Waals surface area contributed by atoms with E-state index in [1.807, 2.05) is 6.92 Å². The molecule has 2 aliphatic rings. The van der Waals surface area contributed by atoms with Crippen LogP contribution in [0, 0.1) is 5.92 Å². The summed E-state index contributed by atoms with van der Waals surface area (Å²) in [6.07, 6.45) is 3.02. The Kier molecular flexibility index (Phi) is 4.29. The molecule has 2 atom stereocenters. The highest BCUT2D eigenvalue weighted by molar-refractivity contribution is 5.80. The van der Waals surface area contributed by atoms with Crippen molar-refractivity contribution in [1.82, 2.24) is 9.80 Å². The second-order valence-electron chi connectivity index (χ2n) is 5.54. The van der Waals surface area contributed by atoms with Crippen molar-refractivity contribution in [3.8, 4) is 0 Å². The number of urea groups is 1. The van der Waals surface area contributed by atoms with Gasteiger partial charge in [0.1, 0.15) is 6.54 Å². The summed E-state index contributed by atoms with van der Waals surface area (Å²) in [6, 6.07) is -0.153. The first-order chi connectivity index (χ1) is 8.99. The molecule has 19 heavy (non-hydrogen) atoms. The van der Waals surface area contributed by atoms with Crippen molar-refractivity contribution in [3.05, 3.63) is 0 Å². The summed E-state index contributed by atoms with van der Waals surface area (Å²) in [5, 5.41) is 8.93. The monoisotopic (exact) mass is 270 g/mol. The van der Waals surface area contributed by atoms with Crippen molar-refractivity contribution < 1.29 is 19.4 Å². The van der Waals surface area contributed by atoms with E-state index in [0.29, 0.717) is 19.1 Å². The lowest BCUT2D eigenvalue weighted by molar-refractivity contribution is -0.137. The fourth-order valence-electron chi connectivity index (χ4n) is 2.58. The van der Waals surface area contributed by atoms with Gasteiger partial charge in [-0.15, -0.1) is 0 Å². The third-order valence-corrected chi connectivity index (χ3v) is 3.91. The Morgan fingerprint density at radius 1 is 1.32 bits per heavy atom. The Labute approximate surface area is 113 Å². The van der Waals surface area contributed by atoms with Gasteiger partial charge in [-0.1, -0.05) is 0 Å². The molecular weight excluding hydrogens is 248 g/mol. The number of carboxylic acid groups (broad SMARTS) is 1. The minimum Gasteiger partial charge on any atom is -0.480 e. The van der Waals surface area contributed by atoms with Crippen LogP contribution in [0.4, 0.5) is 4.79 Å². The van der Waals surface area contributed by atoms with Gasteiger partial charge >= 0.3 is 12.0 Å². The summed E-state index contributed by atoms with van der Waals surface area (Å²) in [7, 11) is 1.74. The molecule has 1 N–H and O–H groups in total. The lowest BCUT2D eigenvalue weighted by Crippen LogP contribution is -2.50. The summed E-state index contributed by atoms with van der Waals surface area (Å²) in [6.45, 7) is 2.94. The summed E-state index contributed by atoms with van der Waals surface area (Å²) in [5.74, 6) is -0.480. The Morgan fingerprint density at radius 3 is 2.47 bits per heavy atom. The van der Waals surface area contributed by atoms with E-state index < -0.39 is 5.97 Å². The molecule has 0 aromatic heterocycles. The van der Waals surface area contributed by atoms with Crippen molar-refractivity contribution in [2.24, 2.45) is 5.92 Å². The standard InChI is InChI=1S/C13H22N2O4/c1-9-11(5-6-19-9)14(2)13(18)15(8-12(16)17)7-10-3-4-10/h9-11H,3-8H2,1-2H3,(H,16,17). The number of carboxylic acids is 1. The third-order valence-electron chi connectivity index (χ3n) is 3.91. The minimum absolute atomic E-state index is 0.0153. The number of hydrogen-bond donors (Lipinski definition) is 1. The Balaban J connectivity index is 1.97. The normalized spacial score (nSPS) is 26.2. The second kappa shape index (κ2) is 5.77. The number of rotatable bonds is 5. The van der Waals surface area contributed by atoms with Gasteiger partial charge in [-0.25, -0.2) is 4.79 Å². The van der Waals surface area contributed by atoms with Crippen LogP contribution >= 0.6 is 0 Å². The highest BCUT2D eigenvalue weighted by Crippen LogP contribution is 2.30. The topological polar surface area (TPSA) is 70.1 Å². The van der Waals surface area contributed by atoms with Gasteiger partial charge in [0.05, 0.1) is 12.1 Å². The van der Waals surface area contributed by atoms with Gasteiger partial charge in [0, 0.05) is 20.2 Å². The van der Waals surface area contributed by atoms with E-state index in [0.717, 1.165) is 19.3 Å². The predicted molar refractivity (Wildman–Crippen MR) is 68.9 cm³/mol. The quantitative estimate of drug-likeness (QED) is 0.809. The molecule has 1 saturated carbocycles. The molecule has 0 aromatic rings. The van der Waals surface area contributed by atoms with Crippen LogP contribution in [0.5, 0.6) is 0 Å². The van der Waals surface area contributed by atoms with Crippen LogP contribution in [-0.2, 0) is 9.53 Å². The molecule has 2 amide bonds. The van der Waals surface area contributed by atoms with E-state index in [2.05, 4.69) is 0 Å². The minimum atomic E-state index is -0.960. The molecule has 0 bridgehead atoms. The zero-order valence-corrected chi connectivity index (χ0v) is 11.5. The first kappa shape index (κ1) is 14.1. The summed E-state index contributed by atoms with van der Waals surface area (Å²) in [4.78, 5) is 26.4. The zero-order valence-electron chi connectivity index (χ0n) is 11.5. The van der Waals surface area contributed by atoms with Crippen LogP contribution in [0.25, 0.3) is 0 Å². The SMILES string of the molecule is CC1OCCC1N(C)C(=O)N(CC(=O)O)CC1CC1. The van der Waals surface area contributed by atoms with Crippen molar-refractivity contribution in [3.63, 3.8) is 0 Å². The number of hydrogen-bond acceptors (Lipinski definition) is 3. The summed E-state index contributed by atoms with van der Waals surface area (Å²) >= 11 is 0. The van der Waals surface area contributed by atoms with Crippen molar-refractivity contribution >= 4 is 12.0 Å². The maximum atomic E-state index is 12.4. The van der Waals surface area contributed by atoms with E-state index in [4.69, 9.17) is 9.84 Å². The fraction of sp³-hybridized carbons (Fsp3) is 0.846. The highest BCUT2D eigenvalue weighted by atomic mass is 16.5. The number of aliphatic carboxylic acids is 1. The van der Waals surface area contributed by atoms with Crippen molar-refractivity contribution in [1.29, 1.82) is 0 Å². The van der Waals surface area contributed by atoms with Crippen molar-refractivity contribution in [2.45, 2.75) is 38.3 Å². The molecular formula is C13H22N2O4. The Bertz CT molecular complexity index is 357. The number of ether oxygens (including phenoxy) is 1. The lowest BCUT2D eigenvalue weighted by Gasteiger charge is -2.32. The largest absolute Gasteiger partial charge is 0.480 e. The van der Waals surface area contributed by atoms with Gasteiger partial charge in [0.15, 0.2) is 0 Å². The van der Waals surface area contributed by atoms with Crippen LogP contribution < -0.4 is 0 Å². The van der Waals surface area contributed by atoms with Gasteiger partial charge in [0.25, 0.3) is 0 Å². The highest BCUT2D eigenvalue weighted by Gasteiger charge is 2.35. The molecule has 1 heterocycles. The average molecular weight is 270 g/mol. The van der Waals surface area contributed by atoms with Crippen LogP contribution in [0.2, 0.25) is 0 Å². The molecule has 6 heteroatoms. The third kappa shape index (κ3) is 3.59. The summed E-state index contributed by atoms with van der Waals surface area (Å²) in [5.41, 5.74) is 0. The number of carbonyl (C=O) groups is 2. The molecule has 1 aliphatic heterocycles. The molecule has 0 aromatic carbocycles. The average Bonchev–Trinajstić information content (AvgIpc) is 3.06. The van der Waals surface area contributed by atoms with E-state index in [9.17, 15) is 9.59 Å². The smallest absolute Gasteiger partial charge is 0.323 e. The lowest BCUT2D eigenvalue weighted by atomic mass is 10.1. The van der Waals surface area contributed by atoms with Gasteiger partial charge < -0.3 is 19.6 Å². The Morgan fingerprint density at radius 2 is 2.00 bits per heavy atom. The van der Waals surface area contributed by atoms with Crippen LogP contribution in [0.15, 0.2) is 0 Å². The molecule has 2 fully saturated rings. The molecule has 1 aliphatic carbocycles. The van der Waals surface area contributed by atoms with Crippen LogP contribution in [0.1, 0.15) is 26.2 Å². The number of carbonyl (C=O) groups excluding carboxylic acids is 1. The van der Waals surface area contributed by atoms with E-state index in [1.54, 1.807) is 11.9 Å². The van der Waals surface area contributed by atoms with Crippen LogP contribution in [-0.4, -0.2) is 65.8 Å². The van der Waals surface area contributed by atoms with E-state index >= 15 is 0 Å². The van der Waals surface area contributed by atoms with Crippen molar-refractivity contribution in [2.75, 3.05) is 26.7 Å². The number of likely N-dealkylation sites (N-methyl/N-ethyl adjacent to an activating group) is 1. The van der Waals surface area contributed by atoms with Gasteiger partial charge in [0.2, 0.25) is 0 Å². The number of amides is 2. The summed E-state index contributed by atoms with van der Waals surface area (Å²) < 4.78 is 5.46. The first-order valence-corrected chi connectivity index (χ1v) is 6.84. The van der Waals surface area contributed by atoms with E-state index in [1.165, 1.54) is 4.90 Å². The number of nitrogens with zero attached hydrogens (tertiary/aromatic N) is 2. The van der Waals surface area contributed by atoms with Gasteiger partial charge in [-0.05, 0) is 32.1 Å². The van der Waals surface area contributed by atoms with Crippen LogP contribution in [0.3, 0.4) is 0 Å². The molecule has 0 radical (unpaired) electrons.